The number of hydrogen-bond donors (Lipinski definition) is 3. The number of amides is 4. The molecule has 15 nitrogen and oxygen atoms in total. The van der Waals surface area contributed by atoms with Crippen LogP contribution in [0.4, 0.5) is 22.4 Å². The Kier molecular flexibility index (Phi) is 13.0. The maximum atomic E-state index is 14.5. The third-order valence-corrected chi connectivity index (χ3v) is 13.1. The van der Waals surface area contributed by atoms with Crippen LogP contribution in [0.3, 0.4) is 0 Å². The Hall–Kier alpha value is -4.88. The van der Waals surface area contributed by atoms with E-state index in [4.69, 9.17) is 14.2 Å². The highest BCUT2D eigenvalue weighted by atomic mass is 32.2. The van der Waals surface area contributed by atoms with Gasteiger partial charge in [0, 0.05) is 23.8 Å². The minimum absolute atomic E-state index is 0.0102. The Morgan fingerprint density at radius 1 is 1.08 bits per heavy atom. The number of sulfonamides is 1. The maximum Gasteiger partial charge on any atom is 0.427 e. The monoisotopic (exact) mass is 857 g/mol. The molecule has 1 saturated heterocycles. The average molecular weight is 858 g/mol. The SMILES string of the molecule is CCC/C=C\[C@@H]1C[C@]1(NC(=O)[C@@H]1C[C@@H](Oc2nc(OC)cc3cc(OC)ccc23)CN1C(=O)[C@@H](NC(=O)OC(C)(C)C(F)(F)F)C(C)C)C(=O)NS(=O)(=O)C1(CF)CC1. The number of methoxy groups -OCH3 is 2. The topological polar surface area (TPSA) is 192 Å². The summed E-state index contributed by atoms with van der Waals surface area (Å²) in [4.78, 5) is 61.1. The Bertz CT molecular complexity index is 2070. The molecule has 20 heteroatoms. The van der Waals surface area contributed by atoms with Crippen LogP contribution >= 0.6 is 0 Å². The van der Waals surface area contributed by atoms with E-state index in [1.54, 1.807) is 36.4 Å². The van der Waals surface area contributed by atoms with E-state index in [1.807, 2.05) is 11.6 Å². The lowest BCUT2D eigenvalue weighted by Crippen LogP contribution is -2.59. The molecule has 59 heavy (non-hydrogen) atoms. The van der Waals surface area contributed by atoms with Crippen molar-refractivity contribution < 1.29 is 64.1 Å². The zero-order valence-corrected chi connectivity index (χ0v) is 34.7. The molecule has 1 aromatic heterocycles. The van der Waals surface area contributed by atoms with Crippen molar-refractivity contribution in [2.24, 2.45) is 11.8 Å². The van der Waals surface area contributed by atoms with Gasteiger partial charge in [0.15, 0.2) is 0 Å². The van der Waals surface area contributed by atoms with Crippen LogP contribution in [0.1, 0.15) is 73.1 Å². The number of alkyl carbamates (subject to hydrolysis) is 1. The molecule has 1 aliphatic heterocycles. The Morgan fingerprint density at radius 2 is 1.78 bits per heavy atom. The molecule has 2 aliphatic carbocycles. The predicted molar refractivity (Wildman–Crippen MR) is 206 cm³/mol. The first kappa shape index (κ1) is 45.2. The second-order valence-electron chi connectivity index (χ2n) is 16.0. The lowest BCUT2D eigenvalue weighted by Gasteiger charge is -2.32. The summed E-state index contributed by atoms with van der Waals surface area (Å²) < 4.78 is 103. The predicted octanol–water partition coefficient (Wildman–Crippen LogP) is 4.87. The van der Waals surface area contributed by atoms with Crippen molar-refractivity contribution >= 4 is 44.6 Å². The van der Waals surface area contributed by atoms with E-state index in [0.717, 1.165) is 11.3 Å². The number of hydrogen-bond acceptors (Lipinski definition) is 11. The second kappa shape index (κ2) is 17.0. The van der Waals surface area contributed by atoms with Crippen LogP contribution in [0.15, 0.2) is 36.4 Å². The molecule has 3 N–H and O–H groups in total. The van der Waals surface area contributed by atoms with Gasteiger partial charge in [-0.05, 0) is 69.0 Å². The second-order valence-corrected chi connectivity index (χ2v) is 18.1. The number of pyridine rings is 1. The van der Waals surface area contributed by atoms with E-state index in [9.17, 15) is 45.2 Å². The molecule has 4 amide bonds. The minimum atomic E-state index is -4.94. The normalized spacial score (nSPS) is 23.1. The van der Waals surface area contributed by atoms with Gasteiger partial charge in [-0.3, -0.25) is 19.1 Å². The quantitative estimate of drug-likeness (QED) is 0.145. The highest BCUT2D eigenvalue weighted by Crippen LogP contribution is 2.48. The number of aromatic nitrogens is 1. The molecular formula is C39H51F4N5O10S. The number of halogens is 4. The van der Waals surface area contributed by atoms with Crippen molar-refractivity contribution in [3.8, 4) is 17.5 Å². The number of allylic oxidation sites excluding steroid dienone is 1. The van der Waals surface area contributed by atoms with Crippen LogP contribution in [-0.2, 0) is 29.1 Å². The summed E-state index contributed by atoms with van der Waals surface area (Å²) in [5, 5.41) is 6.06. The summed E-state index contributed by atoms with van der Waals surface area (Å²) in [6.45, 7) is 4.78. The van der Waals surface area contributed by atoms with Crippen molar-refractivity contribution in [2.45, 2.75) is 113 Å². The van der Waals surface area contributed by atoms with Crippen LogP contribution in [0.2, 0.25) is 0 Å². The number of rotatable bonds is 17. The van der Waals surface area contributed by atoms with Gasteiger partial charge in [0.25, 0.3) is 5.91 Å². The maximum absolute atomic E-state index is 14.5. The molecule has 0 spiro atoms. The number of unbranched alkanes of at least 4 members (excludes halogenated alkanes) is 1. The van der Waals surface area contributed by atoms with E-state index in [-0.39, 0.29) is 44.0 Å². The molecule has 2 heterocycles. The molecule has 0 radical (unpaired) electrons. The van der Waals surface area contributed by atoms with Gasteiger partial charge in [0.2, 0.25) is 39.2 Å². The van der Waals surface area contributed by atoms with E-state index >= 15 is 0 Å². The van der Waals surface area contributed by atoms with Crippen LogP contribution in [0.5, 0.6) is 17.5 Å². The summed E-state index contributed by atoms with van der Waals surface area (Å²) in [5.74, 6) is -3.46. The number of ether oxygens (including phenoxy) is 4. The fraction of sp³-hybridized carbons (Fsp3) is 0.615. The molecule has 0 unspecified atom stereocenters. The first-order valence-electron chi connectivity index (χ1n) is 19.2. The zero-order valence-electron chi connectivity index (χ0n) is 33.9. The molecule has 5 rings (SSSR count). The molecule has 326 valence electrons. The lowest BCUT2D eigenvalue weighted by molar-refractivity contribution is -0.244. The van der Waals surface area contributed by atoms with Crippen LogP contribution in [-0.4, -0.2) is 110 Å². The standard InChI is InChI=1S/C39H51F4N5O10S/c1-8-9-10-11-24-19-38(24,34(51)47-59(53,54)37(21-40)14-15-37)46-31(49)28-18-26(57-32-27-13-12-25(55-6)16-23(27)17-29(44-32)56-7)20-48(28)33(50)30(22(2)3)45-35(52)58-36(4,5)39(41,42)43/h10-13,16-17,22,24,26,28,30H,8-9,14-15,18-21H2,1-7H3,(H,45,52)(H,46,49)(H,47,51)/b11-10-/t24-,26-,28+,30+,38-/m1/s1. The minimum Gasteiger partial charge on any atom is -0.497 e. The highest BCUT2D eigenvalue weighted by molar-refractivity contribution is 7.91. The van der Waals surface area contributed by atoms with Crippen LogP contribution < -0.4 is 29.6 Å². The van der Waals surface area contributed by atoms with Gasteiger partial charge in [-0.2, -0.15) is 18.2 Å². The Morgan fingerprint density at radius 3 is 2.36 bits per heavy atom. The summed E-state index contributed by atoms with van der Waals surface area (Å²) >= 11 is 0. The van der Waals surface area contributed by atoms with Crippen molar-refractivity contribution in [1.29, 1.82) is 0 Å². The molecule has 5 atom stereocenters. The summed E-state index contributed by atoms with van der Waals surface area (Å²) in [6, 6.07) is 3.80. The molecule has 0 bridgehead atoms. The van der Waals surface area contributed by atoms with Crippen molar-refractivity contribution in [1.82, 2.24) is 25.2 Å². The Balaban J connectivity index is 1.48. The van der Waals surface area contributed by atoms with Crippen LogP contribution in [0.25, 0.3) is 10.8 Å². The van der Waals surface area contributed by atoms with Gasteiger partial charge < -0.3 is 34.5 Å². The summed E-state index contributed by atoms with van der Waals surface area (Å²) in [5.41, 5.74) is -4.70. The highest BCUT2D eigenvalue weighted by Gasteiger charge is 2.64. The van der Waals surface area contributed by atoms with Crippen LogP contribution in [0, 0.1) is 11.8 Å². The third-order valence-electron chi connectivity index (χ3n) is 11.0. The van der Waals surface area contributed by atoms with E-state index in [1.165, 1.54) is 28.1 Å². The van der Waals surface area contributed by atoms with Gasteiger partial charge in [-0.1, -0.05) is 39.3 Å². The number of nitrogens with zero attached hydrogens (tertiary/aromatic N) is 2. The van der Waals surface area contributed by atoms with Gasteiger partial charge in [0.1, 0.15) is 40.9 Å². The smallest absolute Gasteiger partial charge is 0.427 e. The zero-order chi connectivity index (χ0) is 43.7. The molecule has 1 aromatic carbocycles. The molecule has 3 aliphatic rings. The number of alkyl halides is 4. The van der Waals surface area contributed by atoms with E-state index in [2.05, 4.69) is 20.4 Å². The number of fused-ring (bicyclic) bond motifs is 1. The lowest BCUT2D eigenvalue weighted by atomic mass is 10.0. The number of benzene rings is 1. The number of carbonyl (C=O) groups is 4. The molecular weight excluding hydrogens is 807 g/mol. The number of likely N-dealkylation sites (tertiary alicyclic amines) is 1. The van der Waals surface area contributed by atoms with E-state index in [0.29, 0.717) is 36.8 Å². The number of nitrogens with one attached hydrogen (secondary N) is 3. The van der Waals surface area contributed by atoms with Gasteiger partial charge in [-0.25, -0.2) is 17.6 Å². The Labute approximate surface area is 340 Å². The molecule has 2 aromatic rings. The third kappa shape index (κ3) is 9.46. The van der Waals surface area contributed by atoms with Gasteiger partial charge in [-0.15, -0.1) is 0 Å². The largest absolute Gasteiger partial charge is 0.497 e. The van der Waals surface area contributed by atoms with Crippen molar-refractivity contribution in [3.63, 3.8) is 0 Å². The average Bonchev–Trinajstić information content (AvgIpc) is 4.07. The van der Waals surface area contributed by atoms with Crippen molar-refractivity contribution in [2.75, 3.05) is 27.4 Å². The van der Waals surface area contributed by atoms with E-state index < -0.39 is 92.6 Å². The molecule has 2 saturated carbocycles. The first-order chi connectivity index (χ1) is 27.6. The van der Waals surface area contributed by atoms with Gasteiger partial charge in [0.05, 0.1) is 20.8 Å². The first-order valence-corrected chi connectivity index (χ1v) is 20.7. The summed E-state index contributed by atoms with van der Waals surface area (Å²) in [6.07, 6.45) is -2.76. The fourth-order valence-electron chi connectivity index (χ4n) is 6.82. The molecule has 3 fully saturated rings. The number of carbonyl (C=O) groups excluding carboxylic acids is 4. The fourth-order valence-corrected chi connectivity index (χ4v) is 8.25. The van der Waals surface area contributed by atoms with Gasteiger partial charge >= 0.3 is 12.3 Å². The summed E-state index contributed by atoms with van der Waals surface area (Å²) in [7, 11) is -1.58. The van der Waals surface area contributed by atoms with Crippen molar-refractivity contribution in [3.05, 3.63) is 36.4 Å².